The third-order valence-electron chi connectivity index (χ3n) is 11.4. The molecule has 2 N–H and O–H groups in total. The zero-order valence-corrected chi connectivity index (χ0v) is 29.5. The number of hydrogen-bond acceptors (Lipinski definition) is 8. The van der Waals surface area contributed by atoms with Gasteiger partial charge in [-0.15, -0.1) is 0 Å². The van der Waals surface area contributed by atoms with E-state index in [1.165, 1.54) is 0 Å². The molecule has 0 aromatic heterocycles. The average molecular weight is 681 g/mol. The van der Waals surface area contributed by atoms with Gasteiger partial charge in [0.2, 0.25) is 0 Å². The third-order valence-corrected chi connectivity index (χ3v) is 11.4. The Balaban J connectivity index is 1.27. The van der Waals surface area contributed by atoms with E-state index in [2.05, 4.69) is 22.8 Å². The second kappa shape index (κ2) is 16.3. The monoisotopic (exact) mass is 680 g/mol. The fourth-order valence-electron chi connectivity index (χ4n) is 8.93. The number of Topliss-reactive ketones (excluding diaryl/α,β-unsaturated/α-hetero) is 1. The van der Waals surface area contributed by atoms with Crippen LogP contribution in [0, 0.1) is 16.7 Å². The van der Waals surface area contributed by atoms with Crippen LogP contribution in [0.15, 0.2) is 84.9 Å². The van der Waals surface area contributed by atoms with Crippen molar-refractivity contribution in [3.63, 3.8) is 0 Å². The van der Waals surface area contributed by atoms with Crippen molar-refractivity contribution >= 4 is 17.7 Å². The fourth-order valence-corrected chi connectivity index (χ4v) is 8.93. The molecule has 1 heterocycles. The van der Waals surface area contributed by atoms with Crippen LogP contribution in [-0.2, 0) is 43.3 Å². The highest BCUT2D eigenvalue weighted by Gasteiger charge is 2.64. The summed E-state index contributed by atoms with van der Waals surface area (Å²) in [6.45, 7) is 5.44. The standard InChI is InChI=1S/C42H52N2O6/c1-3-48-34-18-15-31(16-19-34)25-36(44-35(39(46)49-4-2)20-17-30-11-7-5-8-12-30)38(45)42-23-21-32(22-24-42)26-41(42)27-37(43-29-41)40(47)50-28-33-13-9-6-10-14-33/h5-16,18-19,32,35-37,43-44H,3-4,17,20-29H2,1-2H3/t32?,35?,36-,37?,41?,42?/m0/s1. The van der Waals surface area contributed by atoms with Crippen molar-refractivity contribution in [2.45, 2.75) is 96.4 Å². The van der Waals surface area contributed by atoms with Gasteiger partial charge in [-0.25, -0.2) is 0 Å². The highest BCUT2D eigenvalue weighted by atomic mass is 16.5. The Morgan fingerprint density at radius 2 is 1.48 bits per heavy atom. The molecule has 1 saturated heterocycles. The number of fused-ring (bicyclic) bond motifs is 2. The molecule has 2 bridgehead atoms. The molecule has 1 aliphatic heterocycles. The summed E-state index contributed by atoms with van der Waals surface area (Å²) in [5, 5.41) is 7.09. The summed E-state index contributed by atoms with van der Waals surface area (Å²) in [7, 11) is 0. The molecule has 3 aliphatic carbocycles. The number of aryl methyl sites for hydroxylation is 1. The predicted octanol–water partition coefficient (Wildman–Crippen LogP) is 6.39. The van der Waals surface area contributed by atoms with Gasteiger partial charge in [-0.05, 0) is 112 Å². The van der Waals surface area contributed by atoms with Crippen LogP contribution < -0.4 is 15.4 Å². The number of ether oxygens (including phenoxy) is 3. The first-order valence-electron chi connectivity index (χ1n) is 18.5. The van der Waals surface area contributed by atoms with Crippen molar-refractivity contribution in [3.05, 3.63) is 102 Å². The molecule has 8 heteroatoms. The lowest BCUT2D eigenvalue weighted by Crippen LogP contribution is -2.62. The number of ketones is 1. The molecule has 8 nitrogen and oxygen atoms in total. The lowest BCUT2D eigenvalue weighted by molar-refractivity contribution is -0.157. The Hall–Kier alpha value is -4.01. The van der Waals surface area contributed by atoms with E-state index in [0.29, 0.717) is 44.8 Å². The van der Waals surface area contributed by atoms with Crippen LogP contribution in [0.2, 0.25) is 0 Å². The van der Waals surface area contributed by atoms with Crippen LogP contribution >= 0.6 is 0 Å². The Kier molecular flexibility index (Phi) is 11.7. The molecule has 0 amide bonds. The number of carbonyl (C=O) groups is 3. The second-order valence-electron chi connectivity index (χ2n) is 14.4. The first-order valence-corrected chi connectivity index (χ1v) is 18.5. The van der Waals surface area contributed by atoms with Gasteiger partial charge >= 0.3 is 11.9 Å². The Bertz CT molecular complexity index is 1570. The van der Waals surface area contributed by atoms with Crippen molar-refractivity contribution in [3.8, 4) is 5.75 Å². The molecule has 1 spiro atoms. The van der Waals surface area contributed by atoms with Crippen LogP contribution in [0.3, 0.4) is 0 Å². The normalized spacial score (nSPS) is 25.2. The number of nitrogens with one attached hydrogen (secondary N) is 2. The zero-order valence-electron chi connectivity index (χ0n) is 29.5. The van der Waals surface area contributed by atoms with Gasteiger partial charge in [0, 0.05) is 12.0 Å². The van der Waals surface area contributed by atoms with Gasteiger partial charge in [-0.2, -0.15) is 0 Å². The van der Waals surface area contributed by atoms with Gasteiger partial charge < -0.3 is 19.5 Å². The van der Waals surface area contributed by atoms with Crippen LogP contribution in [-0.4, -0.2) is 55.6 Å². The van der Waals surface area contributed by atoms with Gasteiger partial charge in [0.05, 0.1) is 19.3 Å². The minimum atomic E-state index is -0.651. The topological polar surface area (TPSA) is 103 Å². The van der Waals surface area contributed by atoms with Crippen LogP contribution in [0.1, 0.15) is 75.5 Å². The lowest BCUT2D eigenvalue weighted by atomic mass is 9.44. The van der Waals surface area contributed by atoms with Crippen LogP contribution in [0.5, 0.6) is 5.75 Å². The first kappa shape index (κ1) is 35.8. The lowest BCUT2D eigenvalue weighted by Gasteiger charge is -2.58. The van der Waals surface area contributed by atoms with E-state index in [4.69, 9.17) is 14.2 Å². The molecule has 7 rings (SSSR count). The van der Waals surface area contributed by atoms with E-state index in [9.17, 15) is 9.59 Å². The van der Waals surface area contributed by atoms with Gasteiger partial charge in [-0.1, -0.05) is 72.8 Å². The van der Waals surface area contributed by atoms with Crippen molar-refractivity contribution in [1.82, 2.24) is 10.6 Å². The summed E-state index contributed by atoms with van der Waals surface area (Å²) in [5.41, 5.74) is 2.09. The molecule has 3 saturated carbocycles. The molecule has 4 atom stereocenters. The maximum absolute atomic E-state index is 15.4. The predicted molar refractivity (Wildman–Crippen MR) is 193 cm³/mol. The SMILES string of the molecule is CCOC(=O)C(CCc1ccccc1)N[C@@H](Cc1ccc(OCC)cc1)C(=O)C12CCC(CC1)CC21CNC(C(=O)OCc2ccccc2)C1. The highest BCUT2D eigenvalue weighted by Crippen LogP contribution is 2.64. The second-order valence-corrected chi connectivity index (χ2v) is 14.4. The number of esters is 2. The third kappa shape index (κ3) is 7.97. The van der Waals surface area contributed by atoms with Crippen molar-refractivity contribution in [2.24, 2.45) is 16.7 Å². The van der Waals surface area contributed by atoms with Gasteiger partial charge in [0.15, 0.2) is 5.78 Å². The van der Waals surface area contributed by atoms with E-state index in [-0.39, 0.29) is 36.4 Å². The molecule has 0 radical (unpaired) electrons. The average Bonchev–Trinajstić information content (AvgIpc) is 3.57. The zero-order chi connectivity index (χ0) is 35.0. The molecule has 266 valence electrons. The number of carbonyl (C=O) groups excluding carboxylic acids is 3. The molecule has 4 aliphatic rings. The summed E-state index contributed by atoms with van der Waals surface area (Å²) in [4.78, 5) is 42.3. The first-order chi connectivity index (χ1) is 24.3. The van der Waals surface area contributed by atoms with E-state index in [0.717, 1.165) is 54.5 Å². The highest BCUT2D eigenvalue weighted by molar-refractivity contribution is 5.92. The fraction of sp³-hybridized carbons (Fsp3) is 0.500. The number of benzene rings is 3. The van der Waals surface area contributed by atoms with Gasteiger partial charge in [-0.3, -0.25) is 19.7 Å². The largest absolute Gasteiger partial charge is 0.494 e. The molecule has 4 fully saturated rings. The number of rotatable bonds is 16. The maximum atomic E-state index is 15.4. The molecule has 3 aromatic carbocycles. The summed E-state index contributed by atoms with van der Waals surface area (Å²) in [6.07, 6.45) is 6.70. The Morgan fingerprint density at radius 3 is 2.14 bits per heavy atom. The van der Waals surface area contributed by atoms with Crippen molar-refractivity contribution in [1.29, 1.82) is 0 Å². The molecule has 3 unspecified atom stereocenters. The molecular weight excluding hydrogens is 628 g/mol. The summed E-state index contributed by atoms with van der Waals surface area (Å²) in [6, 6.07) is 26.0. The smallest absolute Gasteiger partial charge is 0.323 e. The summed E-state index contributed by atoms with van der Waals surface area (Å²) in [5.74, 6) is 0.878. The van der Waals surface area contributed by atoms with Crippen molar-refractivity contribution < 1.29 is 28.6 Å². The van der Waals surface area contributed by atoms with E-state index < -0.39 is 23.5 Å². The summed E-state index contributed by atoms with van der Waals surface area (Å²) < 4.78 is 17.0. The minimum absolute atomic E-state index is 0.152. The van der Waals surface area contributed by atoms with Crippen molar-refractivity contribution in [2.75, 3.05) is 19.8 Å². The number of hydrogen-bond donors (Lipinski definition) is 2. The molecule has 50 heavy (non-hydrogen) atoms. The van der Waals surface area contributed by atoms with E-state index in [1.807, 2.05) is 86.6 Å². The van der Waals surface area contributed by atoms with E-state index in [1.54, 1.807) is 0 Å². The van der Waals surface area contributed by atoms with Crippen LogP contribution in [0.25, 0.3) is 0 Å². The molecule has 3 aromatic rings. The molecular formula is C42H52N2O6. The Morgan fingerprint density at radius 1 is 0.800 bits per heavy atom. The van der Waals surface area contributed by atoms with Gasteiger partial charge in [0.1, 0.15) is 24.4 Å². The van der Waals surface area contributed by atoms with Crippen LogP contribution in [0.4, 0.5) is 0 Å². The quantitative estimate of drug-likeness (QED) is 0.168. The Labute approximate surface area is 296 Å². The maximum Gasteiger partial charge on any atom is 0.323 e. The minimum Gasteiger partial charge on any atom is -0.494 e. The van der Waals surface area contributed by atoms with Gasteiger partial charge in [0.25, 0.3) is 0 Å². The van der Waals surface area contributed by atoms with E-state index >= 15 is 4.79 Å². The summed E-state index contributed by atoms with van der Waals surface area (Å²) >= 11 is 0.